The molecule has 0 spiro atoms. The van der Waals surface area contributed by atoms with E-state index in [0.29, 0.717) is 11.1 Å². The molecule has 0 aromatic heterocycles. The predicted molar refractivity (Wildman–Crippen MR) is 61.5 cm³/mol. The summed E-state index contributed by atoms with van der Waals surface area (Å²) in [6.07, 6.45) is 0. The normalized spacial score (nSPS) is 10.0. The van der Waals surface area contributed by atoms with Gasteiger partial charge in [-0.2, -0.15) is 5.26 Å². The maximum atomic E-state index is 13.2. The highest BCUT2D eigenvalue weighted by atomic mass is 35.5. The van der Waals surface area contributed by atoms with Crippen LogP contribution in [0.15, 0.2) is 36.4 Å². The van der Waals surface area contributed by atoms with Crippen LogP contribution in [0.25, 0.3) is 11.1 Å². The lowest BCUT2D eigenvalue weighted by molar-refractivity contribution is 0.627. The first-order valence-corrected chi connectivity index (χ1v) is 5.14. The van der Waals surface area contributed by atoms with E-state index in [1.807, 2.05) is 6.07 Å². The van der Waals surface area contributed by atoms with Gasteiger partial charge in [-0.3, -0.25) is 0 Å². The maximum absolute atomic E-state index is 13.2. The average Bonchev–Trinajstić information content (AvgIpc) is 2.28. The molecule has 0 fully saturated rings. The van der Waals surface area contributed by atoms with Gasteiger partial charge in [-0.25, -0.2) is 8.78 Å². The van der Waals surface area contributed by atoms with E-state index in [4.69, 9.17) is 16.9 Å². The van der Waals surface area contributed by atoms with Crippen LogP contribution in [0, 0.1) is 23.0 Å². The van der Waals surface area contributed by atoms with Gasteiger partial charge in [-0.15, -0.1) is 0 Å². The molecule has 2 aromatic carbocycles. The molecule has 0 saturated heterocycles. The van der Waals surface area contributed by atoms with E-state index in [0.717, 1.165) is 12.1 Å². The second-order valence-corrected chi connectivity index (χ2v) is 3.87. The van der Waals surface area contributed by atoms with Crippen molar-refractivity contribution >= 4 is 11.6 Å². The summed E-state index contributed by atoms with van der Waals surface area (Å²) in [5, 5.41) is 8.92. The molecule has 0 N–H and O–H groups in total. The quantitative estimate of drug-likeness (QED) is 0.745. The lowest BCUT2D eigenvalue weighted by atomic mass is 10.0. The monoisotopic (exact) mass is 249 g/mol. The molecule has 0 saturated carbocycles. The molecular formula is C13H6ClF2N. The third-order valence-electron chi connectivity index (χ3n) is 2.27. The molecule has 1 nitrogen and oxygen atoms in total. The van der Waals surface area contributed by atoms with E-state index in [1.165, 1.54) is 24.3 Å². The van der Waals surface area contributed by atoms with Crippen molar-refractivity contribution in [3.05, 3.63) is 58.6 Å². The fourth-order valence-electron chi connectivity index (χ4n) is 1.53. The van der Waals surface area contributed by atoms with Gasteiger partial charge >= 0.3 is 0 Å². The zero-order chi connectivity index (χ0) is 12.4. The number of hydrogen-bond acceptors (Lipinski definition) is 1. The lowest BCUT2D eigenvalue weighted by Crippen LogP contribution is -1.86. The Morgan fingerprint density at radius 2 is 1.76 bits per heavy atom. The Hall–Kier alpha value is -1.92. The lowest BCUT2D eigenvalue weighted by Gasteiger charge is -2.05. The highest BCUT2D eigenvalue weighted by molar-refractivity contribution is 6.33. The fraction of sp³-hybridized carbons (Fsp3) is 0. The van der Waals surface area contributed by atoms with Crippen molar-refractivity contribution < 1.29 is 8.78 Å². The third kappa shape index (κ3) is 2.43. The van der Waals surface area contributed by atoms with E-state index < -0.39 is 11.6 Å². The summed E-state index contributed by atoms with van der Waals surface area (Å²) in [5.41, 5.74) is 1.14. The first kappa shape index (κ1) is 11.6. The van der Waals surface area contributed by atoms with Crippen LogP contribution >= 0.6 is 11.6 Å². The van der Waals surface area contributed by atoms with Crippen molar-refractivity contribution in [3.8, 4) is 17.2 Å². The number of nitriles is 1. The highest BCUT2D eigenvalue weighted by Crippen LogP contribution is 2.29. The fourth-order valence-corrected chi connectivity index (χ4v) is 1.81. The van der Waals surface area contributed by atoms with Crippen LogP contribution in [0.4, 0.5) is 8.78 Å². The number of benzene rings is 2. The summed E-state index contributed by atoms with van der Waals surface area (Å²) in [6.45, 7) is 0. The zero-order valence-corrected chi connectivity index (χ0v) is 9.30. The minimum Gasteiger partial charge on any atom is -0.207 e. The van der Waals surface area contributed by atoms with E-state index in [-0.39, 0.29) is 10.6 Å². The third-order valence-corrected chi connectivity index (χ3v) is 2.58. The van der Waals surface area contributed by atoms with Crippen LogP contribution in [0.5, 0.6) is 0 Å². The maximum Gasteiger partial charge on any atom is 0.125 e. The second-order valence-electron chi connectivity index (χ2n) is 3.46. The van der Waals surface area contributed by atoms with Gasteiger partial charge in [-0.1, -0.05) is 11.6 Å². The Balaban J connectivity index is 2.61. The van der Waals surface area contributed by atoms with E-state index in [9.17, 15) is 8.78 Å². The first-order valence-electron chi connectivity index (χ1n) is 4.76. The van der Waals surface area contributed by atoms with Crippen molar-refractivity contribution in [1.29, 1.82) is 5.26 Å². The van der Waals surface area contributed by atoms with Crippen molar-refractivity contribution in [1.82, 2.24) is 0 Å². The van der Waals surface area contributed by atoms with E-state index >= 15 is 0 Å². The van der Waals surface area contributed by atoms with Gasteiger partial charge in [0.25, 0.3) is 0 Å². The molecule has 0 aliphatic heterocycles. The molecular weight excluding hydrogens is 244 g/mol. The molecule has 17 heavy (non-hydrogen) atoms. The Labute approximate surface area is 102 Å². The Morgan fingerprint density at radius 1 is 1.00 bits per heavy atom. The number of nitrogens with zero attached hydrogens (tertiary/aromatic N) is 1. The summed E-state index contributed by atoms with van der Waals surface area (Å²) in [4.78, 5) is 0. The van der Waals surface area contributed by atoms with Gasteiger partial charge in [0.15, 0.2) is 0 Å². The van der Waals surface area contributed by atoms with Crippen LogP contribution in [-0.4, -0.2) is 0 Å². The van der Waals surface area contributed by atoms with Gasteiger partial charge in [0.1, 0.15) is 11.6 Å². The molecule has 0 aliphatic rings. The van der Waals surface area contributed by atoms with E-state index in [1.54, 1.807) is 0 Å². The second kappa shape index (κ2) is 4.52. The van der Waals surface area contributed by atoms with Crippen molar-refractivity contribution in [2.45, 2.75) is 0 Å². The van der Waals surface area contributed by atoms with Crippen molar-refractivity contribution in [3.63, 3.8) is 0 Å². The smallest absolute Gasteiger partial charge is 0.125 e. The largest absolute Gasteiger partial charge is 0.207 e. The molecule has 0 radical (unpaired) electrons. The first-order chi connectivity index (χ1) is 8.10. The molecule has 0 unspecified atom stereocenters. The van der Waals surface area contributed by atoms with Crippen LogP contribution < -0.4 is 0 Å². The molecule has 4 heteroatoms. The van der Waals surface area contributed by atoms with Gasteiger partial charge < -0.3 is 0 Å². The zero-order valence-electron chi connectivity index (χ0n) is 8.55. The van der Waals surface area contributed by atoms with Gasteiger partial charge in [-0.05, 0) is 42.0 Å². The molecule has 0 atom stereocenters. The van der Waals surface area contributed by atoms with Crippen molar-refractivity contribution in [2.24, 2.45) is 0 Å². The SMILES string of the molecule is N#Cc1cc(F)cc(-c2ccc(F)cc2Cl)c1. The minimum absolute atomic E-state index is 0.180. The Morgan fingerprint density at radius 3 is 2.41 bits per heavy atom. The molecule has 84 valence electrons. The van der Waals surface area contributed by atoms with Crippen LogP contribution in [0.3, 0.4) is 0 Å². The van der Waals surface area contributed by atoms with Gasteiger partial charge in [0.05, 0.1) is 16.7 Å². The summed E-state index contributed by atoms with van der Waals surface area (Å²) >= 11 is 5.87. The van der Waals surface area contributed by atoms with Gasteiger partial charge in [0, 0.05) is 5.56 Å². The molecule has 0 bridgehead atoms. The summed E-state index contributed by atoms with van der Waals surface area (Å²) < 4.78 is 26.1. The summed E-state index contributed by atoms with van der Waals surface area (Å²) in [7, 11) is 0. The Kier molecular flexibility index (Phi) is 3.08. The highest BCUT2D eigenvalue weighted by Gasteiger charge is 2.07. The number of rotatable bonds is 1. The molecule has 2 rings (SSSR count). The van der Waals surface area contributed by atoms with Crippen LogP contribution in [-0.2, 0) is 0 Å². The topological polar surface area (TPSA) is 23.8 Å². The number of halogens is 3. The summed E-state index contributed by atoms with van der Waals surface area (Å²) in [6, 6.07) is 9.56. The van der Waals surface area contributed by atoms with Crippen LogP contribution in [0.1, 0.15) is 5.56 Å². The standard InChI is InChI=1S/C13H6ClF2N/c14-13-6-10(15)1-2-12(13)9-3-8(7-17)4-11(16)5-9/h1-6H. The molecule has 0 amide bonds. The average molecular weight is 250 g/mol. The molecule has 2 aromatic rings. The van der Waals surface area contributed by atoms with Gasteiger partial charge in [0.2, 0.25) is 0 Å². The molecule has 0 heterocycles. The van der Waals surface area contributed by atoms with E-state index in [2.05, 4.69) is 0 Å². The molecule has 0 aliphatic carbocycles. The predicted octanol–water partition coefficient (Wildman–Crippen LogP) is 4.16. The number of hydrogen-bond donors (Lipinski definition) is 0. The Bertz CT molecular complexity index is 617. The minimum atomic E-state index is -0.528. The van der Waals surface area contributed by atoms with Crippen LogP contribution in [0.2, 0.25) is 5.02 Å². The van der Waals surface area contributed by atoms with Crippen molar-refractivity contribution in [2.75, 3.05) is 0 Å². The summed E-state index contributed by atoms with van der Waals surface area (Å²) in [5.74, 6) is -0.991.